The van der Waals surface area contributed by atoms with Crippen LogP contribution in [0.15, 0.2) is 30.3 Å². The van der Waals surface area contributed by atoms with E-state index in [1.807, 2.05) is 44.2 Å². The van der Waals surface area contributed by atoms with E-state index in [1.165, 1.54) is 4.31 Å². The molecule has 1 aromatic carbocycles. The maximum atomic E-state index is 12.4. The van der Waals surface area contributed by atoms with E-state index in [0.717, 1.165) is 18.7 Å². The Bertz CT molecular complexity index is 571. The van der Waals surface area contributed by atoms with Gasteiger partial charge >= 0.3 is 0 Å². The summed E-state index contributed by atoms with van der Waals surface area (Å²) < 4.78 is 34.2. The summed E-state index contributed by atoms with van der Waals surface area (Å²) >= 11 is 0. The van der Waals surface area contributed by atoms with Gasteiger partial charge in [-0.1, -0.05) is 30.3 Å². The van der Waals surface area contributed by atoms with Crippen LogP contribution in [0.5, 0.6) is 0 Å². The molecule has 0 aliphatic carbocycles. The molecule has 1 aliphatic heterocycles. The first-order valence-electron chi connectivity index (χ1n) is 8.01. The summed E-state index contributed by atoms with van der Waals surface area (Å²) in [6.07, 6.45) is 0. The first-order chi connectivity index (χ1) is 10.9. The molecule has 0 amide bonds. The van der Waals surface area contributed by atoms with Crippen molar-refractivity contribution in [3.8, 4) is 0 Å². The van der Waals surface area contributed by atoms with E-state index in [-0.39, 0.29) is 12.1 Å². The fraction of sp³-hybridized carbons (Fsp3) is 0.625. The van der Waals surface area contributed by atoms with Crippen molar-refractivity contribution < 1.29 is 13.2 Å². The first kappa shape index (κ1) is 18.4. The summed E-state index contributed by atoms with van der Waals surface area (Å²) in [4.78, 5) is 2.27. The minimum absolute atomic E-state index is 0.00966. The van der Waals surface area contributed by atoms with Gasteiger partial charge in [0.05, 0.1) is 13.2 Å². The van der Waals surface area contributed by atoms with Gasteiger partial charge in [0.1, 0.15) is 0 Å². The summed E-state index contributed by atoms with van der Waals surface area (Å²) in [5, 5.41) is 0. The Hall–Kier alpha value is -0.990. The molecule has 0 bridgehead atoms. The Morgan fingerprint density at radius 1 is 1.22 bits per heavy atom. The molecule has 0 radical (unpaired) electrons. The molecular weight excluding hydrogens is 314 g/mol. The third-order valence-electron chi connectivity index (χ3n) is 4.24. The quantitative estimate of drug-likeness (QED) is 0.810. The van der Waals surface area contributed by atoms with Gasteiger partial charge in [-0.2, -0.15) is 12.7 Å². The molecule has 1 N–H and O–H groups in total. The van der Waals surface area contributed by atoms with E-state index >= 15 is 0 Å². The molecule has 1 fully saturated rings. The summed E-state index contributed by atoms with van der Waals surface area (Å²) in [7, 11) is -1.88. The average molecular weight is 341 g/mol. The fourth-order valence-electron chi connectivity index (χ4n) is 2.59. The van der Waals surface area contributed by atoms with Crippen molar-refractivity contribution in [1.82, 2.24) is 13.9 Å². The Balaban J connectivity index is 2.12. The van der Waals surface area contributed by atoms with Crippen LogP contribution in [-0.4, -0.2) is 63.6 Å². The number of hydrogen-bond donors (Lipinski definition) is 1. The molecular formula is C16H27N3O3S. The van der Waals surface area contributed by atoms with Gasteiger partial charge in [0.2, 0.25) is 0 Å². The SMILES string of the molecule is CC(C)N(C)S(=O)(=O)NC[C@H](c1ccccc1)N1CCOCC1. The zero-order chi connectivity index (χ0) is 16.9. The summed E-state index contributed by atoms with van der Waals surface area (Å²) in [5.41, 5.74) is 1.12. The van der Waals surface area contributed by atoms with Gasteiger partial charge in [-0.15, -0.1) is 0 Å². The van der Waals surface area contributed by atoms with E-state index in [9.17, 15) is 8.42 Å². The van der Waals surface area contributed by atoms with Crippen LogP contribution in [0.4, 0.5) is 0 Å². The smallest absolute Gasteiger partial charge is 0.279 e. The second-order valence-corrected chi connectivity index (χ2v) is 7.85. The molecule has 2 rings (SSSR count). The van der Waals surface area contributed by atoms with Crippen LogP contribution in [0, 0.1) is 0 Å². The molecule has 23 heavy (non-hydrogen) atoms. The van der Waals surface area contributed by atoms with Crippen LogP contribution in [0.25, 0.3) is 0 Å². The largest absolute Gasteiger partial charge is 0.379 e. The van der Waals surface area contributed by atoms with Crippen molar-refractivity contribution in [1.29, 1.82) is 0 Å². The molecule has 6 nitrogen and oxygen atoms in total. The van der Waals surface area contributed by atoms with E-state index < -0.39 is 10.2 Å². The van der Waals surface area contributed by atoms with E-state index in [2.05, 4.69) is 9.62 Å². The Kier molecular flexibility index (Phi) is 6.55. The molecule has 0 aromatic heterocycles. The predicted octanol–water partition coefficient (Wildman–Crippen LogP) is 1.23. The van der Waals surface area contributed by atoms with Crippen molar-refractivity contribution in [3.05, 3.63) is 35.9 Å². The summed E-state index contributed by atoms with van der Waals surface area (Å²) in [6, 6.07) is 9.95. The Morgan fingerprint density at radius 3 is 2.39 bits per heavy atom. The molecule has 1 aromatic rings. The monoisotopic (exact) mass is 341 g/mol. The number of rotatable bonds is 7. The minimum atomic E-state index is -3.48. The van der Waals surface area contributed by atoms with Crippen LogP contribution in [0.1, 0.15) is 25.5 Å². The number of nitrogens with zero attached hydrogens (tertiary/aromatic N) is 2. The molecule has 0 unspecified atom stereocenters. The molecule has 1 saturated heterocycles. The molecule has 130 valence electrons. The highest BCUT2D eigenvalue weighted by Crippen LogP contribution is 2.21. The number of nitrogens with one attached hydrogen (secondary N) is 1. The van der Waals surface area contributed by atoms with Crippen molar-refractivity contribution in [2.24, 2.45) is 0 Å². The summed E-state index contributed by atoms with van der Waals surface area (Å²) in [5.74, 6) is 0. The average Bonchev–Trinajstić information content (AvgIpc) is 2.56. The Labute approximate surface area is 139 Å². The molecule has 1 aliphatic rings. The first-order valence-corrected chi connectivity index (χ1v) is 9.45. The lowest BCUT2D eigenvalue weighted by molar-refractivity contribution is 0.0171. The summed E-state index contributed by atoms with van der Waals surface area (Å²) in [6.45, 7) is 7.04. The zero-order valence-electron chi connectivity index (χ0n) is 14.1. The van der Waals surface area contributed by atoms with Gasteiger partial charge < -0.3 is 4.74 Å². The van der Waals surface area contributed by atoms with Crippen LogP contribution in [0.3, 0.4) is 0 Å². The standard InChI is InChI=1S/C16H27N3O3S/c1-14(2)18(3)23(20,21)17-13-16(15-7-5-4-6-8-15)19-9-11-22-12-10-19/h4-8,14,16-17H,9-13H2,1-3H3/t16-/m1/s1. The number of hydrogen-bond acceptors (Lipinski definition) is 4. The van der Waals surface area contributed by atoms with Crippen LogP contribution >= 0.6 is 0 Å². The second kappa shape index (κ2) is 8.21. The van der Waals surface area contributed by atoms with E-state index in [4.69, 9.17) is 4.74 Å². The number of ether oxygens (including phenoxy) is 1. The maximum absolute atomic E-state index is 12.4. The predicted molar refractivity (Wildman–Crippen MR) is 91.4 cm³/mol. The lowest BCUT2D eigenvalue weighted by Crippen LogP contribution is -2.47. The van der Waals surface area contributed by atoms with Gasteiger partial charge in [-0.3, -0.25) is 4.90 Å². The van der Waals surface area contributed by atoms with Crippen LogP contribution in [0.2, 0.25) is 0 Å². The molecule has 0 saturated carbocycles. The van der Waals surface area contributed by atoms with E-state index in [0.29, 0.717) is 19.8 Å². The normalized spacial score (nSPS) is 18.5. The molecule has 0 spiro atoms. The van der Waals surface area contributed by atoms with Gasteiger partial charge in [0, 0.05) is 38.8 Å². The highest BCUT2D eigenvalue weighted by Gasteiger charge is 2.26. The van der Waals surface area contributed by atoms with Crippen LogP contribution < -0.4 is 4.72 Å². The van der Waals surface area contributed by atoms with Gasteiger partial charge in [-0.05, 0) is 19.4 Å². The highest BCUT2D eigenvalue weighted by atomic mass is 32.2. The second-order valence-electron chi connectivity index (χ2n) is 6.04. The van der Waals surface area contributed by atoms with E-state index in [1.54, 1.807) is 7.05 Å². The molecule has 1 atom stereocenters. The maximum Gasteiger partial charge on any atom is 0.279 e. The number of morpholine rings is 1. The van der Waals surface area contributed by atoms with Crippen molar-refractivity contribution in [2.45, 2.75) is 25.9 Å². The van der Waals surface area contributed by atoms with Crippen molar-refractivity contribution in [3.63, 3.8) is 0 Å². The lowest BCUT2D eigenvalue weighted by atomic mass is 10.1. The third kappa shape index (κ3) is 4.99. The molecule has 7 heteroatoms. The zero-order valence-corrected chi connectivity index (χ0v) is 14.9. The van der Waals surface area contributed by atoms with Gasteiger partial charge in [0.25, 0.3) is 10.2 Å². The topological polar surface area (TPSA) is 61.9 Å². The fourth-order valence-corrected chi connectivity index (χ4v) is 3.71. The van der Waals surface area contributed by atoms with Crippen molar-refractivity contribution in [2.75, 3.05) is 39.9 Å². The highest BCUT2D eigenvalue weighted by molar-refractivity contribution is 7.87. The van der Waals surface area contributed by atoms with Gasteiger partial charge in [-0.25, -0.2) is 4.72 Å². The third-order valence-corrected chi connectivity index (χ3v) is 5.95. The Morgan fingerprint density at radius 2 is 1.83 bits per heavy atom. The van der Waals surface area contributed by atoms with Gasteiger partial charge in [0.15, 0.2) is 0 Å². The minimum Gasteiger partial charge on any atom is -0.379 e. The lowest BCUT2D eigenvalue weighted by Gasteiger charge is -2.35. The number of benzene rings is 1. The molecule has 1 heterocycles. The van der Waals surface area contributed by atoms with Crippen molar-refractivity contribution >= 4 is 10.2 Å². The van der Waals surface area contributed by atoms with Crippen LogP contribution in [-0.2, 0) is 14.9 Å².